The van der Waals surface area contributed by atoms with Crippen LogP contribution in [0.15, 0.2) is 52.5 Å². The topological polar surface area (TPSA) is 58.2 Å². The first-order valence-corrected chi connectivity index (χ1v) is 8.54. The van der Waals surface area contributed by atoms with Crippen LogP contribution in [0.25, 0.3) is 6.08 Å². The summed E-state index contributed by atoms with van der Waals surface area (Å²) in [5.41, 5.74) is 2.12. The molecule has 0 spiro atoms. The summed E-state index contributed by atoms with van der Waals surface area (Å²) >= 11 is 8.22. The van der Waals surface area contributed by atoms with Gasteiger partial charge in [0.1, 0.15) is 11.4 Å². The molecule has 1 heterocycles. The molecule has 4 nitrogen and oxygen atoms in total. The van der Waals surface area contributed by atoms with Crippen LogP contribution in [0, 0.1) is 5.82 Å². The highest BCUT2D eigenvalue weighted by Crippen LogP contribution is 2.24. The molecule has 0 atom stereocenters. The fourth-order valence-corrected chi connectivity index (χ4v) is 3.14. The van der Waals surface area contributed by atoms with Gasteiger partial charge in [-0.15, -0.1) is 0 Å². The lowest BCUT2D eigenvalue weighted by Crippen LogP contribution is -2.51. The number of benzene rings is 2. The van der Waals surface area contributed by atoms with Gasteiger partial charge in [0.2, 0.25) is 0 Å². The third-order valence-corrected chi connectivity index (χ3v) is 4.61. The van der Waals surface area contributed by atoms with Gasteiger partial charge in [0, 0.05) is 10.9 Å². The molecule has 0 aliphatic carbocycles. The Hall–Kier alpha value is -2.38. The Kier molecular flexibility index (Phi) is 5.06. The van der Waals surface area contributed by atoms with Crippen molar-refractivity contribution in [3.63, 3.8) is 0 Å². The number of amides is 2. The zero-order valence-electron chi connectivity index (χ0n) is 12.8. The van der Waals surface area contributed by atoms with Crippen molar-refractivity contribution in [2.45, 2.75) is 6.42 Å². The smallest absolute Gasteiger partial charge is 0.263 e. The van der Waals surface area contributed by atoms with E-state index in [0.29, 0.717) is 17.5 Å². The van der Waals surface area contributed by atoms with E-state index in [-0.39, 0.29) is 16.5 Å². The van der Waals surface area contributed by atoms with Gasteiger partial charge in [0.05, 0.1) is 0 Å². The Morgan fingerprint density at radius 1 is 1.04 bits per heavy atom. The first kappa shape index (κ1) is 17.4. The van der Waals surface area contributed by atoms with Crippen molar-refractivity contribution in [1.82, 2.24) is 10.6 Å². The van der Waals surface area contributed by atoms with Crippen LogP contribution in [0.5, 0.6) is 0 Å². The molecular formula is C18H12BrFN2O2S. The maximum atomic E-state index is 13.8. The van der Waals surface area contributed by atoms with Gasteiger partial charge >= 0.3 is 0 Å². The predicted octanol–water partition coefficient (Wildman–Crippen LogP) is 3.09. The first-order valence-electron chi connectivity index (χ1n) is 7.34. The van der Waals surface area contributed by atoms with Crippen molar-refractivity contribution in [3.8, 4) is 0 Å². The summed E-state index contributed by atoms with van der Waals surface area (Å²) in [5.74, 6) is -1.34. The molecule has 3 rings (SSSR count). The van der Waals surface area contributed by atoms with E-state index in [0.717, 1.165) is 10.0 Å². The van der Waals surface area contributed by atoms with Crippen molar-refractivity contribution >= 4 is 51.2 Å². The number of halogens is 2. The molecule has 25 heavy (non-hydrogen) atoms. The molecule has 2 amide bonds. The molecule has 0 radical (unpaired) electrons. The second-order valence-electron chi connectivity index (χ2n) is 5.41. The Morgan fingerprint density at radius 2 is 1.72 bits per heavy atom. The molecule has 0 bridgehead atoms. The van der Waals surface area contributed by atoms with Crippen molar-refractivity contribution in [2.24, 2.45) is 0 Å². The number of nitrogens with one attached hydrogen (secondary N) is 2. The van der Waals surface area contributed by atoms with Crippen LogP contribution in [0.3, 0.4) is 0 Å². The molecular weight excluding hydrogens is 407 g/mol. The van der Waals surface area contributed by atoms with Crippen LogP contribution in [0.4, 0.5) is 4.39 Å². The average molecular weight is 419 g/mol. The number of carbonyl (C=O) groups excluding carboxylic acids is 2. The molecule has 1 fully saturated rings. The zero-order valence-corrected chi connectivity index (χ0v) is 15.2. The van der Waals surface area contributed by atoms with Gasteiger partial charge < -0.3 is 0 Å². The monoisotopic (exact) mass is 418 g/mol. The standard InChI is InChI=1S/C18H12BrFN2O2S/c19-14-8-10(7-13-16(23)21-18(25)22-17(13)24)5-6-11(14)9-12-3-1-2-4-15(12)20/h1-8H,9H2,(H2,21,22,23,24,25). The largest absolute Gasteiger partial charge is 0.299 e. The first-order chi connectivity index (χ1) is 11.9. The van der Waals surface area contributed by atoms with Gasteiger partial charge in [-0.1, -0.05) is 46.3 Å². The second kappa shape index (κ2) is 7.25. The summed E-state index contributed by atoms with van der Waals surface area (Å²) in [4.78, 5) is 23.7. The van der Waals surface area contributed by atoms with Crippen LogP contribution in [0.1, 0.15) is 16.7 Å². The fraction of sp³-hybridized carbons (Fsp3) is 0.0556. The maximum absolute atomic E-state index is 13.8. The minimum absolute atomic E-state index is 0.00596. The summed E-state index contributed by atoms with van der Waals surface area (Å²) in [6.45, 7) is 0. The van der Waals surface area contributed by atoms with E-state index >= 15 is 0 Å². The molecule has 1 aliphatic heterocycles. The van der Waals surface area contributed by atoms with Gasteiger partial charge in [0.25, 0.3) is 11.8 Å². The molecule has 0 aromatic heterocycles. The highest BCUT2D eigenvalue weighted by Gasteiger charge is 2.25. The number of hydrogen-bond donors (Lipinski definition) is 2. The lowest BCUT2D eigenvalue weighted by Gasteiger charge is -2.16. The van der Waals surface area contributed by atoms with Crippen molar-refractivity contribution < 1.29 is 14.0 Å². The molecule has 2 aromatic carbocycles. The summed E-state index contributed by atoms with van der Waals surface area (Å²) in [7, 11) is 0. The van der Waals surface area contributed by atoms with Gasteiger partial charge in [0.15, 0.2) is 5.11 Å². The van der Waals surface area contributed by atoms with Crippen LogP contribution in [-0.2, 0) is 16.0 Å². The van der Waals surface area contributed by atoms with Gasteiger partial charge in [-0.25, -0.2) is 4.39 Å². The summed E-state index contributed by atoms with van der Waals surface area (Å²) in [6.07, 6.45) is 1.91. The Morgan fingerprint density at radius 3 is 2.36 bits per heavy atom. The average Bonchev–Trinajstić information content (AvgIpc) is 2.55. The molecule has 1 saturated heterocycles. The quantitative estimate of drug-likeness (QED) is 0.457. The minimum atomic E-state index is -0.541. The Labute approximate surface area is 157 Å². The van der Waals surface area contributed by atoms with Crippen LogP contribution in [-0.4, -0.2) is 16.9 Å². The van der Waals surface area contributed by atoms with E-state index in [1.54, 1.807) is 30.3 Å². The van der Waals surface area contributed by atoms with E-state index in [1.165, 1.54) is 12.1 Å². The van der Waals surface area contributed by atoms with E-state index in [4.69, 9.17) is 12.2 Å². The highest BCUT2D eigenvalue weighted by molar-refractivity contribution is 9.10. The lowest BCUT2D eigenvalue weighted by atomic mass is 10.0. The number of rotatable bonds is 3. The third kappa shape index (κ3) is 4.00. The number of carbonyl (C=O) groups is 2. The SMILES string of the molecule is O=C1NC(=S)NC(=O)C1=Cc1ccc(Cc2ccccc2F)c(Br)c1. The molecule has 2 N–H and O–H groups in total. The molecule has 0 unspecified atom stereocenters. The molecule has 0 saturated carbocycles. The van der Waals surface area contributed by atoms with Crippen LogP contribution >= 0.6 is 28.1 Å². The van der Waals surface area contributed by atoms with Crippen molar-refractivity contribution in [2.75, 3.05) is 0 Å². The van der Waals surface area contributed by atoms with E-state index < -0.39 is 11.8 Å². The molecule has 7 heteroatoms. The number of hydrogen-bond acceptors (Lipinski definition) is 3. The highest BCUT2D eigenvalue weighted by atomic mass is 79.9. The van der Waals surface area contributed by atoms with Gasteiger partial charge in [-0.05, 0) is 47.1 Å². The fourth-order valence-electron chi connectivity index (χ4n) is 2.42. The lowest BCUT2D eigenvalue weighted by molar-refractivity contribution is -0.123. The van der Waals surface area contributed by atoms with Crippen LogP contribution in [0.2, 0.25) is 0 Å². The predicted molar refractivity (Wildman–Crippen MR) is 100 cm³/mol. The van der Waals surface area contributed by atoms with Crippen molar-refractivity contribution in [1.29, 1.82) is 0 Å². The minimum Gasteiger partial charge on any atom is -0.299 e. The van der Waals surface area contributed by atoms with Crippen molar-refractivity contribution in [3.05, 3.63) is 75.0 Å². The molecule has 126 valence electrons. The Balaban J connectivity index is 1.86. The van der Waals surface area contributed by atoms with Gasteiger partial charge in [-0.3, -0.25) is 20.2 Å². The molecule has 2 aromatic rings. The third-order valence-electron chi connectivity index (χ3n) is 3.67. The van der Waals surface area contributed by atoms with Crippen LogP contribution < -0.4 is 10.6 Å². The number of thiocarbonyl (C=S) groups is 1. The van der Waals surface area contributed by atoms with E-state index in [1.807, 2.05) is 6.07 Å². The molecule has 1 aliphatic rings. The van der Waals surface area contributed by atoms with E-state index in [9.17, 15) is 14.0 Å². The normalized spacial score (nSPS) is 14.2. The summed E-state index contributed by atoms with van der Waals surface area (Å²) in [6, 6.07) is 12.0. The summed E-state index contributed by atoms with van der Waals surface area (Å²) in [5, 5.41) is 4.76. The Bertz CT molecular complexity index is 905. The summed E-state index contributed by atoms with van der Waals surface area (Å²) < 4.78 is 14.6. The zero-order chi connectivity index (χ0) is 18.0. The second-order valence-corrected chi connectivity index (χ2v) is 6.68. The van der Waals surface area contributed by atoms with E-state index in [2.05, 4.69) is 26.6 Å². The maximum Gasteiger partial charge on any atom is 0.263 e. The van der Waals surface area contributed by atoms with Gasteiger partial charge in [-0.2, -0.15) is 0 Å².